The first-order chi connectivity index (χ1) is 26.0. The van der Waals surface area contributed by atoms with Gasteiger partial charge in [0.1, 0.15) is 18.1 Å². The molecule has 2 atom stereocenters. The highest BCUT2D eigenvalue weighted by Crippen LogP contribution is 2.40. The molecule has 286 valence electrons. The Morgan fingerprint density at radius 3 is 2.26 bits per heavy atom. The van der Waals surface area contributed by atoms with E-state index in [0.29, 0.717) is 13.0 Å². The Morgan fingerprint density at radius 1 is 0.870 bits per heavy atom. The molecule has 3 aliphatic heterocycles. The van der Waals surface area contributed by atoms with Gasteiger partial charge in [-0.1, -0.05) is 79.9 Å². The molecule has 3 aromatic carbocycles. The highest BCUT2D eigenvalue weighted by Gasteiger charge is 2.54. The van der Waals surface area contributed by atoms with Crippen LogP contribution in [0.4, 0.5) is 18.9 Å². The maximum Gasteiger partial charge on any atom is 0.416 e. The number of para-hydroxylation sites is 1. The molecule has 3 heterocycles. The van der Waals surface area contributed by atoms with Gasteiger partial charge in [0.15, 0.2) is 0 Å². The SMILES string of the molecule is O=C(CN1CN(c2ccccc2)C2(CCN(C(=O)[C@@H](Cc3ccccc3C(F)(F)F)NC(=O)[C@H]3Cc4ccccc4CN3)CC2)C1=O)NC1CCCCC1. The number of carbonyl (C=O) groups is 4. The Morgan fingerprint density at radius 2 is 1.54 bits per heavy atom. The second kappa shape index (κ2) is 15.8. The van der Waals surface area contributed by atoms with Crippen molar-refractivity contribution in [3.8, 4) is 0 Å². The molecule has 4 amide bonds. The number of likely N-dealkylation sites (tertiary alicyclic amines) is 1. The lowest BCUT2D eigenvalue weighted by atomic mass is 9.85. The lowest BCUT2D eigenvalue weighted by Crippen LogP contribution is -2.61. The predicted molar refractivity (Wildman–Crippen MR) is 197 cm³/mol. The topological polar surface area (TPSA) is 114 Å². The average molecular weight is 745 g/mol. The Labute approximate surface area is 313 Å². The normalized spacial score (nSPS) is 20.8. The fraction of sp³-hybridized carbons (Fsp3) is 0.463. The van der Waals surface area contributed by atoms with Crippen LogP contribution in [0.25, 0.3) is 0 Å². The van der Waals surface area contributed by atoms with Crippen LogP contribution in [0.1, 0.15) is 67.2 Å². The summed E-state index contributed by atoms with van der Waals surface area (Å²) in [6.07, 6.45) is 1.01. The molecule has 3 fully saturated rings. The van der Waals surface area contributed by atoms with E-state index in [1.165, 1.54) is 18.2 Å². The molecule has 0 aromatic heterocycles. The fourth-order valence-corrected chi connectivity index (χ4v) is 8.64. The molecular formula is C41H47F3N6O4. The third-order valence-corrected chi connectivity index (χ3v) is 11.5. The van der Waals surface area contributed by atoms with Crippen LogP contribution in [0.5, 0.6) is 0 Å². The number of hydrogen-bond donors (Lipinski definition) is 3. The summed E-state index contributed by atoms with van der Waals surface area (Å²) in [5.74, 6) is -1.36. The number of halogens is 3. The van der Waals surface area contributed by atoms with E-state index >= 15 is 0 Å². The van der Waals surface area contributed by atoms with E-state index in [9.17, 15) is 32.3 Å². The molecule has 7 rings (SSSR count). The lowest BCUT2D eigenvalue weighted by Gasteiger charge is -2.44. The van der Waals surface area contributed by atoms with E-state index in [0.717, 1.165) is 55.0 Å². The summed E-state index contributed by atoms with van der Waals surface area (Å²) in [6.45, 7) is 0.856. The van der Waals surface area contributed by atoms with E-state index in [1.807, 2.05) is 59.5 Å². The average Bonchev–Trinajstić information content (AvgIpc) is 3.43. The molecule has 1 saturated carbocycles. The molecule has 0 radical (unpaired) electrons. The number of anilines is 1. The smallest absolute Gasteiger partial charge is 0.352 e. The first-order valence-electron chi connectivity index (χ1n) is 19.0. The molecule has 54 heavy (non-hydrogen) atoms. The second-order valence-electron chi connectivity index (χ2n) is 15.0. The van der Waals surface area contributed by atoms with Crippen LogP contribution >= 0.6 is 0 Å². The standard InChI is InChI=1S/C41H47F3N6O4/c42-41(43,44)33-18-10-9-12-29(33)24-35(47-37(52)34-23-28-11-7-8-13-30(28)25-45-34)38(53)48-21-19-40(20-22-48)39(54)49(27-50(40)32-16-5-2-6-17-32)26-36(51)46-31-14-3-1-4-15-31/h2,5-13,16-18,31,34-35,45H,1,3-4,14-15,19-27H2,(H,46,51)(H,47,52)/t34-,35-/m1/s1. The number of rotatable bonds is 9. The van der Waals surface area contributed by atoms with E-state index < -0.39 is 41.2 Å². The summed E-state index contributed by atoms with van der Waals surface area (Å²) in [5, 5.41) is 9.13. The van der Waals surface area contributed by atoms with Crippen LogP contribution in [-0.2, 0) is 44.7 Å². The van der Waals surface area contributed by atoms with Crippen LogP contribution in [0, 0.1) is 0 Å². The number of nitrogens with zero attached hydrogens (tertiary/aromatic N) is 3. The number of piperidine rings is 1. The molecule has 1 spiro atoms. The van der Waals surface area contributed by atoms with E-state index in [1.54, 1.807) is 9.80 Å². The van der Waals surface area contributed by atoms with Crippen LogP contribution in [0.3, 0.4) is 0 Å². The molecule has 1 aliphatic carbocycles. The minimum absolute atomic E-state index is 0.0739. The number of amides is 4. The fourth-order valence-electron chi connectivity index (χ4n) is 8.64. The predicted octanol–water partition coefficient (Wildman–Crippen LogP) is 4.56. The number of hydrogen-bond acceptors (Lipinski definition) is 6. The van der Waals surface area contributed by atoms with Gasteiger partial charge in [-0.25, -0.2) is 0 Å². The van der Waals surface area contributed by atoms with Crippen molar-refractivity contribution in [3.05, 3.63) is 101 Å². The monoisotopic (exact) mass is 744 g/mol. The summed E-state index contributed by atoms with van der Waals surface area (Å²) in [5.41, 5.74) is 0.892. The molecular weight excluding hydrogens is 697 g/mol. The van der Waals surface area contributed by atoms with Crippen molar-refractivity contribution < 1.29 is 32.3 Å². The van der Waals surface area contributed by atoms with Gasteiger partial charge in [0.25, 0.3) is 5.91 Å². The van der Waals surface area contributed by atoms with Gasteiger partial charge < -0.3 is 30.7 Å². The zero-order chi connectivity index (χ0) is 37.9. The molecule has 3 aromatic rings. The van der Waals surface area contributed by atoms with Crippen molar-refractivity contribution >= 4 is 29.3 Å². The second-order valence-corrected chi connectivity index (χ2v) is 15.0. The number of alkyl halides is 3. The molecule has 0 unspecified atom stereocenters. The molecule has 10 nitrogen and oxygen atoms in total. The Hall–Kier alpha value is -4.91. The minimum Gasteiger partial charge on any atom is -0.352 e. The number of benzene rings is 3. The van der Waals surface area contributed by atoms with Crippen molar-refractivity contribution in [2.45, 2.75) is 94.2 Å². The molecule has 2 saturated heterocycles. The zero-order valence-corrected chi connectivity index (χ0v) is 30.2. The highest BCUT2D eigenvalue weighted by atomic mass is 19.4. The minimum atomic E-state index is -4.65. The Balaban J connectivity index is 1.09. The van der Waals surface area contributed by atoms with Crippen LogP contribution in [-0.4, -0.2) is 83.4 Å². The largest absolute Gasteiger partial charge is 0.416 e. The van der Waals surface area contributed by atoms with Gasteiger partial charge >= 0.3 is 6.18 Å². The summed E-state index contributed by atoms with van der Waals surface area (Å²) < 4.78 is 42.3. The summed E-state index contributed by atoms with van der Waals surface area (Å²) >= 11 is 0. The van der Waals surface area contributed by atoms with Crippen LogP contribution < -0.4 is 20.9 Å². The Kier molecular flexibility index (Phi) is 11.0. The quantitative estimate of drug-likeness (QED) is 0.296. The maximum absolute atomic E-state index is 14.4. The van der Waals surface area contributed by atoms with E-state index in [2.05, 4.69) is 16.0 Å². The van der Waals surface area contributed by atoms with Gasteiger partial charge in [0.05, 0.1) is 18.3 Å². The van der Waals surface area contributed by atoms with Crippen molar-refractivity contribution in [3.63, 3.8) is 0 Å². The van der Waals surface area contributed by atoms with Gasteiger partial charge in [-0.2, -0.15) is 13.2 Å². The number of fused-ring (bicyclic) bond motifs is 1. The first-order valence-corrected chi connectivity index (χ1v) is 19.0. The van der Waals surface area contributed by atoms with Crippen LogP contribution in [0.15, 0.2) is 78.9 Å². The maximum atomic E-state index is 14.4. The van der Waals surface area contributed by atoms with Crippen molar-refractivity contribution in [2.75, 3.05) is 31.2 Å². The van der Waals surface area contributed by atoms with Gasteiger partial charge in [-0.15, -0.1) is 0 Å². The highest BCUT2D eigenvalue weighted by molar-refractivity contribution is 5.97. The Bertz CT molecular complexity index is 1840. The van der Waals surface area contributed by atoms with Crippen molar-refractivity contribution in [1.82, 2.24) is 25.8 Å². The number of carbonyl (C=O) groups excluding carboxylic acids is 4. The third kappa shape index (κ3) is 7.96. The van der Waals surface area contributed by atoms with Crippen LogP contribution in [0.2, 0.25) is 0 Å². The van der Waals surface area contributed by atoms with Gasteiger partial charge in [-0.05, 0) is 67.0 Å². The third-order valence-electron chi connectivity index (χ3n) is 11.5. The summed E-state index contributed by atoms with van der Waals surface area (Å²) in [4.78, 5) is 60.7. The first kappa shape index (κ1) is 37.4. The van der Waals surface area contributed by atoms with E-state index in [-0.39, 0.29) is 69.0 Å². The lowest BCUT2D eigenvalue weighted by molar-refractivity contribution is -0.142. The summed E-state index contributed by atoms with van der Waals surface area (Å²) in [6, 6.07) is 20.5. The van der Waals surface area contributed by atoms with Crippen molar-refractivity contribution in [2.24, 2.45) is 0 Å². The number of nitrogens with one attached hydrogen (secondary N) is 3. The molecule has 3 N–H and O–H groups in total. The molecule has 0 bridgehead atoms. The van der Waals surface area contributed by atoms with Gasteiger partial charge in [0, 0.05) is 37.8 Å². The zero-order valence-electron chi connectivity index (χ0n) is 30.2. The molecule has 13 heteroatoms. The van der Waals surface area contributed by atoms with Gasteiger partial charge in [0.2, 0.25) is 17.7 Å². The summed E-state index contributed by atoms with van der Waals surface area (Å²) in [7, 11) is 0. The van der Waals surface area contributed by atoms with Crippen molar-refractivity contribution in [1.29, 1.82) is 0 Å². The van der Waals surface area contributed by atoms with E-state index in [4.69, 9.17) is 0 Å². The van der Waals surface area contributed by atoms with Gasteiger partial charge in [-0.3, -0.25) is 19.2 Å². The molecule has 4 aliphatic rings.